The molecule has 0 fully saturated rings. The summed E-state index contributed by atoms with van der Waals surface area (Å²) < 4.78 is 29.2. The molecule has 136 valence electrons. The van der Waals surface area contributed by atoms with Gasteiger partial charge in [0.15, 0.2) is 0 Å². The van der Waals surface area contributed by atoms with Gasteiger partial charge in [-0.3, -0.25) is 0 Å². The van der Waals surface area contributed by atoms with E-state index in [0.29, 0.717) is 22.9 Å². The Morgan fingerprint density at radius 3 is 2.65 bits per heavy atom. The van der Waals surface area contributed by atoms with Crippen LogP contribution in [0.3, 0.4) is 0 Å². The first-order chi connectivity index (χ1) is 12.5. The fourth-order valence-electron chi connectivity index (χ4n) is 2.39. The first-order valence-corrected chi connectivity index (χ1v) is 9.77. The second-order valence-corrected chi connectivity index (χ2v) is 7.76. The van der Waals surface area contributed by atoms with Gasteiger partial charge in [0.05, 0.1) is 4.90 Å². The number of hydrogen-bond acceptors (Lipinski definition) is 5. The van der Waals surface area contributed by atoms with Gasteiger partial charge in [0.1, 0.15) is 18.0 Å². The third kappa shape index (κ3) is 4.40. The van der Waals surface area contributed by atoms with E-state index in [-0.39, 0.29) is 11.4 Å². The molecule has 2 N–H and O–H groups in total. The molecule has 0 saturated carbocycles. The molecule has 0 aliphatic heterocycles. The molecule has 7 nitrogen and oxygen atoms in total. The molecule has 9 heteroatoms. The molecule has 0 radical (unpaired) electrons. The van der Waals surface area contributed by atoms with Crippen molar-refractivity contribution in [3.63, 3.8) is 0 Å². The van der Waals surface area contributed by atoms with Gasteiger partial charge >= 0.3 is 0 Å². The maximum atomic E-state index is 12.4. The van der Waals surface area contributed by atoms with Crippen LogP contribution >= 0.6 is 11.6 Å². The highest BCUT2D eigenvalue weighted by Crippen LogP contribution is 2.19. The molecular formula is C17H18ClN5O2S. The molecule has 0 bridgehead atoms. The molecule has 0 aliphatic carbocycles. The summed E-state index contributed by atoms with van der Waals surface area (Å²) in [7, 11) is -3.62. The fourth-order valence-corrected chi connectivity index (χ4v) is 3.93. The van der Waals surface area contributed by atoms with E-state index in [4.69, 9.17) is 11.6 Å². The predicted octanol–water partition coefficient (Wildman–Crippen LogP) is 2.62. The normalized spacial score (nSPS) is 11.5. The van der Waals surface area contributed by atoms with E-state index in [1.807, 2.05) is 29.1 Å². The fraction of sp³-hybridized carbons (Fsp3) is 0.176. The lowest BCUT2D eigenvalue weighted by Crippen LogP contribution is -2.29. The summed E-state index contributed by atoms with van der Waals surface area (Å²) in [6.45, 7) is 2.31. The molecule has 1 aromatic carbocycles. The quantitative estimate of drug-likeness (QED) is 0.604. The average molecular weight is 392 g/mol. The van der Waals surface area contributed by atoms with Gasteiger partial charge in [-0.15, -0.1) is 0 Å². The van der Waals surface area contributed by atoms with Crippen LogP contribution in [0.2, 0.25) is 5.02 Å². The summed E-state index contributed by atoms with van der Waals surface area (Å²) in [6.07, 6.45) is 5.22. The minimum absolute atomic E-state index is 0.182. The monoisotopic (exact) mass is 391 g/mol. The molecule has 0 amide bonds. The van der Waals surface area contributed by atoms with Crippen molar-refractivity contribution in [2.24, 2.45) is 0 Å². The minimum Gasteiger partial charge on any atom is -0.369 e. The summed E-state index contributed by atoms with van der Waals surface area (Å²) in [4.78, 5) is 8.51. The predicted molar refractivity (Wildman–Crippen MR) is 101 cm³/mol. The minimum atomic E-state index is -3.62. The molecule has 0 aliphatic rings. The second-order valence-electron chi connectivity index (χ2n) is 5.59. The number of nitrogens with zero attached hydrogens (tertiary/aromatic N) is 3. The number of aromatic nitrogens is 3. The van der Waals surface area contributed by atoms with E-state index >= 15 is 0 Å². The van der Waals surface area contributed by atoms with Gasteiger partial charge in [0, 0.05) is 36.6 Å². The smallest absolute Gasteiger partial charge is 0.240 e. The molecule has 2 aromatic heterocycles. The summed E-state index contributed by atoms with van der Waals surface area (Å²) in [5.74, 6) is 1.34. The number of benzene rings is 1. The van der Waals surface area contributed by atoms with Crippen LogP contribution in [0.25, 0.3) is 5.82 Å². The van der Waals surface area contributed by atoms with E-state index in [2.05, 4.69) is 20.0 Å². The van der Waals surface area contributed by atoms with Crippen LogP contribution in [-0.2, 0) is 10.0 Å². The highest BCUT2D eigenvalue weighted by Gasteiger charge is 2.16. The summed E-state index contributed by atoms with van der Waals surface area (Å²) in [5, 5.41) is 3.46. The average Bonchev–Trinajstić information content (AvgIpc) is 3.16. The SMILES string of the molecule is Cc1ccc(Cl)cc1S(=O)(=O)NCCNc1cc(-n2cccc2)ncn1. The molecule has 0 unspecified atom stereocenters. The zero-order valence-corrected chi connectivity index (χ0v) is 15.6. The van der Waals surface area contributed by atoms with Gasteiger partial charge in [0.2, 0.25) is 10.0 Å². The van der Waals surface area contributed by atoms with Gasteiger partial charge < -0.3 is 9.88 Å². The Morgan fingerprint density at radius 1 is 1.12 bits per heavy atom. The van der Waals surface area contributed by atoms with Crippen LogP contribution in [0, 0.1) is 6.92 Å². The van der Waals surface area contributed by atoms with Crippen LogP contribution in [0.4, 0.5) is 5.82 Å². The van der Waals surface area contributed by atoms with Crippen molar-refractivity contribution >= 4 is 27.4 Å². The number of hydrogen-bond donors (Lipinski definition) is 2. The molecule has 0 atom stereocenters. The number of nitrogens with one attached hydrogen (secondary N) is 2. The maximum absolute atomic E-state index is 12.4. The van der Waals surface area contributed by atoms with Crippen molar-refractivity contribution in [1.82, 2.24) is 19.3 Å². The van der Waals surface area contributed by atoms with E-state index in [0.717, 1.165) is 5.82 Å². The van der Waals surface area contributed by atoms with Crippen molar-refractivity contribution in [1.29, 1.82) is 0 Å². The highest BCUT2D eigenvalue weighted by molar-refractivity contribution is 7.89. The Labute approximate surface area is 157 Å². The van der Waals surface area contributed by atoms with Crippen LogP contribution in [-0.4, -0.2) is 36.0 Å². The van der Waals surface area contributed by atoms with E-state index in [1.54, 1.807) is 25.1 Å². The van der Waals surface area contributed by atoms with Gasteiger partial charge in [-0.2, -0.15) is 0 Å². The zero-order valence-electron chi connectivity index (χ0n) is 14.1. The number of halogens is 1. The summed E-state index contributed by atoms with van der Waals surface area (Å²) >= 11 is 5.90. The summed E-state index contributed by atoms with van der Waals surface area (Å²) in [6, 6.07) is 10.4. The first kappa shape index (κ1) is 18.4. The van der Waals surface area contributed by atoms with Crippen LogP contribution in [0.15, 0.2) is 60.0 Å². The standard InChI is InChI=1S/C17H18ClN5O2S/c1-13-4-5-14(18)10-15(13)26(24,25)22-7-6-19-16-11-17(21-12-20-16)23-8-2-3-9-23/h2-5,8-12,22H,6-7H2,1H3,(H,19,20,21). The van der Waals surface area contributed by atoms with Gasteiger partial charge in [0.25, 0.3) is 0 Å². The van der Waals surface area contributed by atoms with E-state index in [9.17, 15) is 8.42 Å². The van der Waals surface area contributed by atoms with Gasteiger partial charge in [-0.1, -0.05) is 17.7 Å². The first-order valence-electron chi connectivity index (χ1n) is 7.91. The van der Waals surface area contributed by atoms with Crippen LogP contribution in [0.1, 0.15) is 5.56 Å². The largest absolute Gasteiger partial charge is 0.369 e. The topological polar surface area (TPSA) is 88.9 Å². The number of sulfonamides is 1. The highest BCUT2D eigenvalue weighted by atomic mass is 35.5. The molecule has 2 heterocycles. The second kappa shape index (κ2) is 7.86. The number of anilines is 1. The molecular weight excluding hydrogens is 374 g/mol. The van der Waals surface area contributed by atoms with Crippen LogP contribution < -0.4 is 10.0 Å². The molecule has 0 spiro atoms. The third-order valence-electron chi connectivity index (χ3n) is 3.68. The van der Waals surface area contributed by atoms with Crippen molar-refractivity contribution in [3.8, 4) is 5.82 Å². The third-order valence-corrected chi connectivity index (χ3v) is 5.52. The Bertz CT molecular complexity index is 990. The number of rotatable bonds is 7. The molecule has 26 heavy (non-hydrogen) atoms. The van der Waals surface area contributed by atoms with Gasteiger partial charge in [-0.25, -0.2) is 23.1 Å². The lowest BCUT2D eigenvalue weighted by molar-refractivity contribution is 0.582. The molecule has 0 saturated heterocycles. The number of aryl methyl sites for hydroxylation is 1. The Kier molecular flexibility index (Phi) is 5.55. The van der Waals surface area contributed by atoms with E-state index < -0.39 is 10.0 Å². The van der Waals surface area contributed by atoms with E-state index in [1.165, 1.54) is 12.4 Å². The van der Waals surface area contributed by atoms with Crippen molar-refractivity contribution in [2.75, 3.05) is 18.4 Å². The van der Waals surface area contributed by atoms with Crippen molar-refractivity contribution in [3.05, 3.63) is 65.7 Å². The lowest BCUT2D eigenvalue weighted by Gasteiger charge is -2.11. The summed E-state index contributed by atoms with van der Waals surface area (Å²) in [5.41, 5.74) is 0.641. The Morgan fingerprint density at radius 2 is 1.88 bits per heavy atom. The van der Waals surface area contributed by atoms with Crippen molar-refractivity contribution in [2.45, 2.75) is 11.8 Å². The zero-order chi connectivity index (χ0) is 18.6. The van der Waals surface area contributed by atoms with Gasteiger partial charge in [-0.05, 0) is 36.8 Å². The Hall–Kier alpha value is -2.42. The molecule has 3 aromatic rings. The Balaban J connectivity index is 1.59. The van der Waals surface area contributed by atoms with Crippen molar-refractivity contribution < 1.29 is 8.42 Å². The lowest BCUT2D eigenvalue weighted by atomic mass is 10.2. The molecule has 3 rings (SSSR count). The van der Waals surface area contributed by atoms with Crippen LogP contribution in [0.5, 0.6) is 0 Å². The maximum Gasteiger partial charge on any atom is 0.240 e.